The average molecular weight is 493 g/mol. The van der Waals surface area contributed by atoms with Gasteiger partial charge in [-0.05, 0) is 54.8 Å². The molecule has 0 radical (unpaired) electrons. The molecule has 4 aromatic rings. The highest BCUT2D eigenvalue weighted by atomic mass is 32.2. The van der Waals surface area contributed by atoms with Gasteiger partial charge in [-0.1, -0.05) is 59.9 Å². The molecule has 0 saturated carbocycles. The summed E-state index contributed by atoms with van der Waals surface area (Å²) in [6.45, 7) is 4.10. The quantitative estimate of drug-likeness (QED) is 0.390. The number of sulfonamides is 1. The Hall–Kier alpha value is -3.56. The molecule has 9 heteroatoms. The van der Waals surface area contributed by atoms with Gasteiger partial charge in [0.1, 0.15) is 5.01 Å². The maximum atomic E-state index is 12.7. The molecular weight excluding hydrogens is 468 g/mol. The van der Waals surface area contributed by atoms with Gasteiger partial charge in [0, 0.05) is 11.1 Å². The summed E-state index contributed by atoms with van der Waals surface area (Å²) >= 11 is 1.30. The zero-order valence-corrected chi connectivity index (χ0v) is 20.7. The Morgan fingerprint density at radius 3 is 2.29 bits per heavy atom. The Balaban J connectivity index is 1.47. The lowest BCUT2D eigenvalue weighted by atomic mass is 10.1. The van der Waals surface area contributed by atoms with Gasteiger partial charge in [-0.2, -0.15) is 0 Å². The van der Waals surface area contributed by atoms with Crippen LogP contribution in [0.25, 0.3) is 10.6 Å². The number of aromatic nitrogens is 2. The van der Waals surface area contributed by atoms with Crippen molar-refractivity contribution in [1.29, 1.82) is 0 Å². The fourth-order valence-electron chi connectivity index (χ4n) is 3.35. The van der Waals surface area contributed by atoms with Crippen LogP contribution in [0.15, 0.2) is 72.8 Å². The minimum Gasteiger partial charge on any atom is -0.296 e. The maximum absolute atomic E-state index is 12.7. The van der Waals surface area contributed by atoms with Crippen molar-refractivity contribution < 1.29 is 13.2 Å². The molecule has 0 aliphatic heterocycles. The molecule has 1 heterocycles. The van der Waals surface area contributed by atoms with Crippen LogP contribution in [-0.4, -0.2) is 30.8 Å². The monoisotopic (exact) mass is 492 g/mol. The van der Waals surface area contributed by atoms with Crippen LogP contribution in [0.2, 0.25) is 0 Å². The van der Waals surface area contributed by atoms with Gasteiger partial charge >= 0.3 is 0 Å². The molecule has 1 aromatic heterocycles. The van der Waals surface area contributed by atoms with Crippen LogP contribution in [-0.2, 0) is 16.6 Å². The summed E-state index contributed by atoms with van der Waals surface area (Å²) < 4.78 is 26.3. The third-order valence-corrected chi connectivity index (χ3v) is 7.42. The minimum absolute atomic E-state index is 0.167. The van der Waals surface area contributed by atoms with Gasteiger partial charge in [0.15, 0.2) is 0 Å². The molecule has 0 aliphatic rings. The highest BCUT2D eigenvalue weighted by Gasteiger charge is 2.19. The van der Waals surface area contributed by atoms with Crippen LogP contribution in [0.3, 0.4) is 0 Å². The first-order chi connectivity index (χ1) is 16.2. The van der Waals surface area contributed by atoms with E-state index in [0.717, 1.165) is 27.3 Å². The predicted molar refractivity (Wildman–Crippen MR) is 137 cm³/mol. The van der Waals surface area contributed by atoms with Crippen molar-refractivity contribution in [3.8, 4) is 10.6 Å². The lowest BCUT2D eigenvalue weighted by molar-refractivity contribution is 0.102. The molecule has 174 valence electrons. The van der Waals surface area contributed by atoms with E-state index in [-0.39, 0.29) is 12.5 Å². The lowest BCUT2D eigenvalue weighted by Gasteiger charge is -2.23. The molecule has 0 fully saturated rings. The van der Waals surface area contributed by atoms with Gasteiger partial charge in [0.05, 0.1) is 18.5 Å². The number of benzene rings is 3. The number of hydrogen-bond donors (Lipinski definition) is 1. The van der Waals surface area contributed by atoms with Crippen molar-refractivity contribution in [2.24, 2.45) is 0 Å². The molecule has 0 bridgehead atoms. The Morgan fingerprint density at radius 1 is 0.941 bits per heavy atom. The zero-order chi connectivity index (χ0) is 24.3. The van der Waals surface area contributed by atoms with E-state index in [1.807, 2.05) is 56.3 Å². The van der Waals surface area contributed by atoms with Gasteiger partial charge < -0.3 is 0 Å². The molecule has 34 heavy (non-hydrogen) atoms. The number of anilines is 2. The molecule has 1 amide bonds. The van der Waals surface area contributed by atoms with Crippen LogP contribution < -0.4 is 9.62 Å². The van der Waals surface area contributed by atoms with Crippen LogP contribution in [0.5, 0.6) is 0 Å². The molecule has 0 aliphatic carbocycles. The Kier molecular flexibility index (Phi) is 6.76. The third-order valence-electron chi connectivity index (χ3n) is 5.39. The molecular formula is C25H24N4O3S2. The van der Waals surface area contributed by atoms with E-state index >= 15 is 0 Å². The molecule has 0 unspecified atom stereocenters. The molecule has 3 aromatic carbocycles. The average Bonchev–Trinajstić information content (AvgIpc) is 3.28. The topological polar surface area (TPSA) is 92.3 Å². The number of rotatable bonds is 7. The fourth-order valence-corrected chi connectivity index (χ4v) is 4.97. The van der Waals surface area contributed by atoms with Gasteiger partial charge in [0.2, 0.25) is 15.2 Å². The number of aryl methyl sites for hydroxylation is 2. The van der Waals surface area contributed by atoms with Crippen molar-refractivity contribution in [2.75, 3.05) is 15.9 Å². The summed E-state index contributed by atoms with van der Waals surface area (Å²) in [7, 11) is -3.49. The fraction of sp³-hybridized carbons (Fsp3) is 0.160. The standard InChI is InChI=1S/C25H24N4O3S2/c1-17-9-14-22(15-18(17)2)29(34(3,31)32)16-19-10-12-20(13-11-19)23(30)26-25-28-27-24(33-25)21-7-5-4-6-8-21/h4-15H,16H2,1-3H3,(H,26,28,30). The largest absolute Gasteiger partial charge is 0.296 e. The lowest BCUT2D eigenvalue weighted by Crippen LogP contribution is -2.29. The molecule has 1 N–H and O–H groups in total. The first-order valence-corrected chi connectivity index (χ1v) is 13.2. The normalized spacial score (nSPS) is 11.3. The summed E-state index contributed by atoms with van der Waals surface area (Å²) in [4.78, 5) is 12.7. The van der Waals surface area contributed by atoms with E-state index in [4.69, 9.17) is 0 Å². The van der Waals surface area contributed by atoms with E-state index in [1.165, 1.54) is 21.9 Å². The molecule has 0 saturated heterocycles. The van der Waals surface area contributed by atoms with Gasteiger partial charge in [0.25, 0.3) is 5.91 Å². The van der Waals surface area contributed by atoms with Crippen molar-refractivity contribution in [3.05, 3.63) is 95.1 Å². The molecule has 4 rings (SSSR count). The Morgan fingerprint density at radius 2 is 1.65 bits per heavy atom. The first-order valence-electron chi connectivity index (χ1n) is 10.5. The van der Waals surface area contributed by atoms with E-state index in [9.17, 15) is 13.2 Å². The maximum Gasteiger partial charge on any atom is 0.257 e. The number of nitrogens with one attached hydrogen (secondary N) is 1. The summed E-state index contributed by atoms with van der Waals surface area (Å²) in [6.07, 6.45) is 1.19. The minimum atomic E-state index is -3.49. The molecule has 7 nitrogen and oxygen atoms in total. The number of carbonyl (C=O) groups excluding carboxylic acids is 1. The smallest absolute Gasteiger partial charge is 0.257 e. The van der Waals surface area contributed by atoms with Gasteiger partial charge in [-0.15, -0.1) is 10.2 Å². The zero-order valence-electron chi connectivity index (χ0n) is 19.0. The van der Waals surface area contributed by atoms with Gasteiger partial charge in [-0.25, -0.2) is 8.42 Å². The van der Waals surface area contributed by atoms with Crippen LogP contribution in [0, 0.1) is 13.8 Å². The van der Waals surface area contributed by atoms with Crippen LogP contribution in [0.4, 0.5) is 10.8 Å². The second kappa shape index (κ2) is 9.74. The summed E-state index contributed by atoms with van der Waals surface area (Å²) in [5.41, 5.74) is 4.87. The summed E-state index contributed by atoms with van der Waals surface area (Å²) in [6, 6.07) is 22.1. The molecule has 0 atom stereocenters. The SMILES string of the molecule is Cc1ccc(N(Cc2ccc(C(=O)Nc3nnc(-c4ccccc4)s3)cc2)S(C)(=O)=O)cc1C. The number of amides is 1. The highest BCUT2D eigenvalue weighted by Crippen LogP contribution is 2.27. The predicted octanol–water partition coefficient (Wildman–Crippen LogP) is 5.04. The summed E-state index contributed by atoms with van der Waals surface area (Å²) in [5.74, 6) is -0.309. The van der Waals surface area contributed by atoms with E-state index in [1.54, 1.807) is 30.3 Å². The summed E-state index contributed by atoms with van der Waals surface area (Å²) in [5, 5.41) is 12.1. The second-order valence-electron chi connectivity index (χ2n) is 7.97. The number of nitrogens with zero attached hydrogens (tertiary/aromatic N) is 3. The van der Waals surface area contributed by atoms with Crippen molar-refractivity contribution in [1.82, 2.24) is 10.2 Å². The van der Waals surface area contributed by atoms with Crippen molar-refractivity contribution >= 4 is 38.1 Å². The third kappa shape index (κ3) is 5.49. The Bertz CT molecular complexity index is 1420. The number of hydrogen-bond acceptors (Lipinski definition) is 6. The van der Waals surface area contributed by atoms with Crippen molar-refractivity contribution in [2.45, 2.75) is 20.4 Å². The van der Waals surface area contributed by atoms with Crippen molar-refractivity contribution in [3.63, 3.8) is 0 Å². The first kappa shape index (κ1) is 23.6. The molecule has 0 spiro atoms. The van der Waals surface area contributed by atoms with E-state index < -0.39 is 10.0 Å². The Labute approximate surface area is 203 Å². The van der Waals surface area contributed by atoms with E-state index in [0.29, 0.717) is 16.4 Å². The number of carbonyl (C=O) groups is 1. The van der Waals surface area contributed by atoms with Crippen LogP contribution in [0.1, 0.15) is 27.0 Å². The van der Waals surface area contributed by atoms with Gasteiger partial charge in [-0.3, -0.25) is 14.4 Å². The van der Waals surface area contributed by atoms with Crippen LogP contribution >= 0.6 is 11.3 Å². The second-order valence-corrected chi connectivity index (χ2v) is 10.9. The highest BCUT2D eigenvalue weighted by molar-refractivity contribution is 7.92. The van der Waals surface area contributed by atoms with E-state index in [2.05, 4.69) is 15.5 Å².